The number of allylic oxidation sites excluding steroid dienone is 1. The summed E-state index contributed by atoms with van der Waals surface area (Å²) in [5.41, 5.74) is 2.07. The van der Waals surface area contributed by atoms with Gasteiger partial charge in [-0.15, -0.1) is 0 Å². The van der Waals surface area contributed by atoms with E-state index in [2.05, 4.69) is 30.5 Å². The van der Waals surface area contributed by atoms with Gasteiger partial charge in [-0.2, -0.15) is 0 Å². The minimum atomic E-state index is 0.388. The van der Waals surface area contributed by atoms with Gasteiger partial charge in [0.1, 0.15) is 0 Å². The number of aliphatic imine (C=N–C) groups is 1. The smallest absolute Gasteiger partial charge is 0.0989 e. The van der Waals surface area contributed by atoms with Crippen molar-refractivity contribution in [3.63, 3.8) is 0 Å². The van der Waals surface area contributed by atoms with Crippen LogP contribution in [0.15, 0.2) is 23.2 Å². The molecule has 13 heavy (non-hydrogen) atoms. The van der Waals surface area contributed by atoms with E-state index >= 15 is 0 Å². The molecule has 0 saturated carbocycles. The number of aryl methyl sites for hydroxylation is 1. The fraction of sp³-hybridized carbons (Fsp3) is 0.400. The lowest BCUT2D eigenvalue weighted by Gasteiger charge is -2.05. The van der Waals surface area contributed by atoms with Gasteiger partial charge in [0.2, 0.25) is 0 Å². The van der Waals surface area contributed by atoms with Gasteiger partial charge in [0.15, 0.2) is 0 Å². The summed E-state index contributed by atoms with van der Waals surface area (Å²) in [5.74, 6) is 0.388. The first kappa shape index (κ1) is 9.71. The van der Waals surface area contributed by atoms with Crippen LogP contribution in [0.1, 0.15) is 19.5 Å². The maximum Gasteiger partial charge on any atom is 0.0989 e. The summed E-state index contributed by atoms with van der Waals surface area (Å²) in [6.45, 7) is 9.73. The molecule has 0 unspecified atom stereocenters. The Morgan fingerprint density at radius 3 is 2.77 bits per heavy atom. The fourth-order valence-electron chi connectivity index (χ4n) is 1.02. The highest BCUT2D eigenvalue weighted by atomic mass is 15.0. The molecule has 0 aromatic carbocycles. The second-order valence-corrected chi connectivity index (χ2v) is 3.31. The SMILES string of the molecule is C=N/C(=C\n1cncc1C)C(C)C. The van der Waals surface area contributed by atoms with Gasteiger partial charge in [0.25, 0.3) is 0 Å². The molecule has 1 rings (SSSR count). The maximum atomic E-state index is 4.02. The van der Waals surface area contributed by atoms with Crippen LogP contribution in [0.2, 0.25) is 0 Å². The topological polar surface area (TPSA) is 30.2 Å². The van der Waals surface area contributed by atoms with Crippen molar-refractivity contribution in [1.82, 2.24) is 9.55 Å². The van der Waals surface area contributed by atoms with Gasteiger partial charge in [0, 0.05) is 18.1 Å². The minimum Gasteiger partial charge on any atom is -0.309 e. The Bertz CT molecular complexity index is 321. The summed E-state index contributed by atoms with van der Waals surface area (Å²) in [4.78, 5) is 7.99. The van der Waals surface area contributed by atoms with Crippen LogP contribution < -0.4 is 0 Å². The molecule has 0 spiro atoms. The van der Waals surface area contributed by atoms with Gasteiger partial charge in [-0.25, -0.2) is 4.98 Å². The number of imidazole rings is 1. The average molecular weight is 177 g/mol. The Morgan fingerprint density at radius 1 is 1.69 bits per heavy atom. The van der Waals surface area contributed by atoms with Crippen LogP contribution in [0.4, 0.5) is 0 Å². The van der Waals surface area contributed by atoms with E-state index in [4.69, 9.17) is 0 Å². The monoisotopic (exact) mass is 177 g/mol. The fourth-order valence-corrected chi connectivity index (χ4v) is 1.02. The van der Waals surface area contributed by atoms with Crippen molar-refractivity contribution >= 4 is 12.9 Å². The molecule has 0 atom stereocenters. The van der Waals surface area contributed by atoms with E-state index in [1.54, 1.807) is 6.33 Å². The molecule has 0 bridgehead atoms. The Kier molecular flexibility index (Phi) is 3.01. The molecule has 0 radical (unpaired) electrons. The largest absolute Gasteiger partial charge is 0.309 e. The summed E-state index contributed by atoms with van der Waals surface area (Å²) in [7, 11) is 0. The van der Waals surface area contributed by atoms with Crippen LogP contribution in [0.5, 0.6) is 0 Å². The predicted molar refractivity (Wildman–Crippen MR) is 55.6 cm³/mol. The molecule has 1 aromatic heterocycles. The Balaban J connectivity index is 2.98. The summed E-state index contributed by atoms with van der Waals surface area (Å²) in [6.07, 6.45) is 5.54. The van der Waals surface area contributed by atoms with Crippen molar-refractivity contribution in [2.45, 2.75) is 20.8 Å². The van der Waals surface area contributed by atoms with Gasteiger partial charge in [0.05, 0.1) is 12.0 Å². The first-order valence-electron chi connectivity index (χ1n) is 4.32. The second kappa shape index (κ2) is 4.03. The highest BCUT2D eigenvalue weighted by Gasteiger charge is 2.00. The van der Waals surface area contributed by atoms with Crippen molar-refractivity contribution in [2.75, 3.05) is 0 Å². The van der Waals surface area contributed by atoms with E-state index in [0.29, 0.717) is 5.92 Å². The van der Waals surface area contributed by atoms with Crippen LogP contribution in [-0.4, -0.2) is 16.3 Å². The molecule has 0 aliphatic carbocycles. The molecule has 70 valence electrons. The van der Waals surface area contributed by atoms with Crippen LogP contribution in [-0.2, 0) is 0 Å². The highest BCUT2D eigenvalue weighted by Crippen LogP contribution is 2.12. The lowest BCUT2D eigenvalue weighted by atomic mass is 10.1. The van der Waals surface area contributed by atoms with Crippen molar-refractivity contribution in [3.05, 3.63) is 23.9 Å². The summed E-state index contributed by atoms with van der Waals surface area (Å²) >= 11 is 0. The zero-order chi connectivity index (χ0) is 9.84. The molecule has 0 aliphatic heterocycles. The van der Waals surface area contributed by atoms with Crippen molar-refractivity contribution in [2.24, 2.45) is 10.9 Å². The highest BCUT2D eigenvalue weighted by molar-refractivity contribution is 5.39. The van der Waals surface area contributed by atoms with E-state index in [9.17, 15) is 0 Å². The average Bonchev–Trinajstić information content (AvgIpc) is 2.46. The molecule has 0 fully saturated rings. The van der Waals surface area contributed by atoms with Gasteiger partial charge in [-0.05, 0) is 19.6 Å². The molecular weight excluding hydrogens is 162 g/mol. The second-order valence-electron chi connectivity index (χ2n) is 3.31. The Morgan fingerprint density at radius 2 is 2.38 bits per heavy atom. The van der Waals surface area contributed by atoms with Gasteiger partial charge in [-0.3, -0.25) is 4.99 Å². The van der Waals surface area contributed by atoms with Gasteiger partial charge < -0.3 is 4.57 Å². The number of aromatic nitrogens is 2. The third-order valence-corrected chi connectivity index (χ3v) is 1.91. The molecule has 0 amide bonds. The normalized spacial score (nSPS) is 12.2. The van der Waals surface area contributed by atoms with Gasteiger partial charge >= 0.3 is 0 Å². The number of rotatable bonds is 3. The van der Waals surface area contributed by atoms with E-state index < -0.39 is 0 Å². The quantitative estimate of drug-likeness (QED) is 0.652. The zero-order valence-electron chi connectivity index (χ0n) is 8.36. The van der Waals surface area contributed by atoms with E-state index in [1.165, 1.54) is 0 Å². The van der Waals surface area contributed by atoms with E-state index in [-0.39, 0.29) is 0 Å². The first-order chi connectivity index (χ1) is 6.15. The van der Waals surface area contributed by atoms with Crippen molar-refractivity contribution in [3.8, 4) is 0 Å². The zero-order valence-corrected chi connectivity index (χ0v) is 8.36. The molecule has 3 heteroatoms. The lowest BCUT2D eigenvalue weighted by Crippen LogP contribution is -1.95. The molecule has 0 aliphatic rings. The first-order valence-corrected chi connectivity index (χ1v) is 4.32. The summed E-state index contributed by atoms with van der Waals surface area (Å²) < 4.78 is 1.95. The number of nitrogens with zero attached hydrogens (tertiary/aromatic N) is 3. The third-order valence-electron chi connectivity index (χ3n) is 1.91. The Labute approximate surface area is 78.8 Å². The predicted octanol–water partition coefficient (Wildman–Crippen LogP) is 2.35. The molecule has 3 nitrogen and oxygen atoms in total. The Hall–Kier alpha value is -1.38. The van der Waals surface area contributed by atoms with Crippen molar-refractivity contribution < 1.29 is 0 Å². The molecule has 1 heterocycles. The molecular formula is C10H15N3. The molecule has 0 N–H and O–H groups in total. The maximum absolute atomic E-state index is 4.02. The van der Waals surface area contributed by atoms with Gasteiger partial charge in [-0.1, -0.05) is 13.8 Å². The van der Waals surface area contributed by atoms with Crippen molar-refractivity contribution in [1.29, 1.82) is 0 Å². The number of hydrogen-bond donors (Lipinski definition) is 0. The van der Waals surface area contributed by atoms with E-state index in [0.717, 1.165) is 11.4 Å². The molecule has 1 aromatic rings. The van der Waals surface area contributed by atoms with E-state index in [1.807, 2.05) is 23.9 Å². The minimum absolute atomic E-state index is 0.388. The number of hydrogen-bond acceptors (Lipinski definition) is 2. The van der Waals surface area contributed by atoms with Crippen LogP contribution >= 0.6 is 0 Å². The standard InChI is InChI=1S/C10H15N3/c1-8(2)10(11-4)6-13-7-12-5-9(13)3/h5-8H,4H2,1-3H3/b10-6-. The van der Waals surface area contributed by atoms with Crippen LogP contribution in [0.3, 0.4) is 0 Å². The third kappa shape index (κ3) is 2.28. The van der Waals surface area contributed by atoms with Crippen LogP contribution in [0, 0.1) is 12.8 Å². The lowest BCUT2D eigenvalue weighted by molar-refractivity contribution is 0.760. The molecule has 0 saturated heterocycles. The van der Waals surface area contributed by atoms with Crippen LogP contribution in [0.25, 0.3) is 6.20 Å². The summed E-state index contributed by atoms with van der Waals surface area (Å²) in [6, 6.07) is 0. The summed E-state index contributed by atoms with van der Waals surface area (Å²) in [5, 5.41) is 0.